The third kappa shape index (κ3) is 6.55. The van der Waals surface area contributed by atoms with Crippen LogP contribution in [-0.2, 0) is 9.59 Å². The summed E-state index contributed by atoms with van der Waals surface area (Å²) >= 11 is 0. The van der Waals surface area contributed by atoms with E-state index in [0.717, 1.165) is 51.4 Å². The molecule has 0 unspecified atom stereocenters. The molecule has 1 aromatic rings. The van der Waals surface area contributed by atoms with Crippen LogP contribution in [0, 0.1) is 34.5 Å². The van der Waals surface area contributed by atoms with Crippen molar-refractivity contribution >= 4 is 23.5 Å². The van der Waals surface area contributed by atoms with Crippen LogP contribution >= 0.6 is 0 Å². The lowest BCUT2D eigenvalue weighted by molar-refractivity contribution is -0.122. The van der Waals surface area contributed by atoms with Gasteiger partial charge in [-0.25, -0.2) is 4.98 Å². The molecule has 2 aliphatic carbocycles. The molecule has 0 atom stereocenters. The fourth-order valence-corrected chi connectivity index (χ4v) is 5.47. The Hall–Kier alpha value is -1.91. The summed E-state index contributed by atoms with van der Waals surface area (Å²) < 4.78 is 0. The molecule has 5 nitrogen and oxygen atoms in total. The standard InChI is InChI=1S/C27H43N3O2/c1-26(2,3)20-14-10-18(11-15-20)24(31)29-22-8-7-9-23(28-22)30-25(32)19-12-16-21(17-13-19)27(4,5)6/h7-9,18-21H,10-17H2,1-6H3,(H2,28,29,30,31,32). The van der Waals surface area contributed by atoms with Crippen molar-refractivity contribution in [3.8, 4) is 0 Å². The molecular weight excluding hydrogens is 398 g/mol. The van der Waals surface area contributed by atoms with E-state index in [9.17, 15) is 9.59 Å². The van der Waals surface area contributed by atoms with Crippen LogP contribution in [0.5, 0.6) is 0 Å². The SMILES string of the molecule is CC(C)(C)C1CCC(C(=O)Nc2cccc(NC(=O)C3CCC(C(C)(C)C)CC3)n2)CC1. The Morgan fingerprint density at radius 2 is 1.03 bits per heavy atom. The molecule has 0 spiro atoms. The molecule has 32 heavy (non-hydrogen) atoms. The molecule has 1 aromatic heterocycles. The van der Waals surface area contributed by atoms with E-state index in [0.29, 0.717) is 34.3 Å². The van der Waals surface area contributed by atoms with Gasteiger partial charge in [0.2, 0.25) is 11.8 Å². The molecule has 0 saturated heterocycles. The van der Waals surface area contributed by atoms with Crippen LogP contribution < -0.4 is 10.6 Å². The zero-order valence-corrected chi connectivity index (χ0v) is 21.0. The Bertz CT molecular complexity index is 727. The van der Waals surface area contributed by atoms with Gasteiger partial charge in [0.25, 0.3) is 0 Å². The highest BCUT2D eigenvalue weighted by Crippen LogP contribution is 2.41. The maximum atomic E-state index is 12.8. The quantitative estimate of drug-likeness (QED) is 0.548. The van der Waals surface area contributed by atoms with E-state index >= 15 is 0 Å². The Balaban J connectivity index is 1.50. The molecule has 1 heterocycles. The van der Waals surface area contributed by atoms with Gasteiger partial charge in [-0.05, 0) is 86.2 Å². The predicted molar refractivity (Wildman–Crippen MR) is 131 cm³/mol. The first kappa shape index (κ1) is 24.7. The highest BCUT2D eigenvalue weighted by atomic mass is 16.2. The lowest BCUT2D eigenvalue weighted by Gasteiger charge is -2.36. The van der Waals surface area contributed by atoms with Crippen molar-refractivity contribution in [3.63, 3.8) is 0 Å². The lowest BCUT2D eigenvalue weighted by atomic mass is 9.69. The Kier molecular flexibility index (Phi) is 7.67. The maximum absolute atomic E-state index is 12.8. The first-order valence-electron chi connectivity index (χ1n) is 12.5. The monoisotopic (exact) mass is 441 g/mol. The number of nitrogens with zero attached hydrogens (tertiary/aromatic N) is 1. The Morgan fingerprint density at radius 1 is 0.688 bits per heavy atom. The van der Waals surface area contributed by atoms with Crippen LogP contribution in [-0.4, -0.2) is 16.8 Å². The van der Waals surface area contributed by atoms with Gasteiger partial charge in [-0.2, -0.15) is 0 Å². The van der Waals surface area contributed by atoms with Crippen LogP contribution in [0.1, 0.15) is 92.9 Å². The summed E-state index contributed by atoms with van der Waals surface area (Å²) in [5, 5.41) is 5.96. The van der Waals surface area contributed by atoms with Gasteiger partial charge < -0.3 is 10.6 Å². The second kappa shape index (κ2) is 9.93. The normalized spacial score (nSPS) is 26.9. The smallest absolute Gasteiger partial charge is 0.228 e. The molecule has 2 fully saturated rings. The third-order valence-corrected chi connectivity index (χ3v) is 7.90. The van der Waals surface area contributed by atoms with E-state index < -0.39 is 0 Å². The summed E-state index contributed by atoms with van der Waals surface area (Å²) in [5.41, 5.74) is 0.614. The van der Waals surface area contributed by atoms with Crippen molar-refractivity contribution in [3.05, 3.63) is 18.2 Å². The van der Waals surface area contributed by atoms with Crippen LogP contribution in [0.2, 0.25) is 0 Å². The number of carbonyl (C=O) groups excluding carboxylic acids is 2. The van der Waals surface area contributed by atoms with E-state index in [2.05, 4.69) is 57.2 Å². The molecule has 2 N–H and O–H groups in total. The molecule has 0 aromatic carbocycles. The van der Waals surface area contributed by atoms with Gasteiger partial charge in [0.15, 0.2) is 0 Å². The second-order valence-electron chi connectivity index (χ2n) is 12.2. The Morgan fingerprint density at radius 3 is 1.34 bits per heavy atom. The maximum Gasteiger partial charge on any atom is 0.228 e. The van der Waals surface area contributed by atoms with Crippen molar-refractivity contribution in [2.45, 2.75) is 92.9 Å². The van der Waals surface area contributed by atoms with Gasteiger partial charge in [-0.1, -0.05) is 47.6 Å². The second-order valence-corrected chi connectivity index (χ2v) is 12.2. The van der Waals surface area contributed by atoms with Gasteiger partial charge >= 0.3 is 0 Å². The third-order valence-electron chi connectivity index (χ3n) is 7.90. The summed E-state index contributed by atoms with van der Waals surface area (Å²) in [5.74, 6) is 2.59. The van der Waals surface area contributed by atoms with Crippen LogP contribution in [0.3, 0.4) is 0 Å². The zero-order chi connectivity index (χ0) is 23.5. The number of carbonyl (C=O) groups is 2. The van der Waals surface area contributed by atoms with Crippen molar-refractivity contribution in [1.29, 1.82) is 0 Å². The number of rotatable bonds is 4. The topological polar surface area (TPSA) is 71.1 Å². The molecule has 2 amide bonds. The molecule has 178 valence electrons. The average Bonchev–Trinajstić information content (AvgIpc) is 2.73. The molecule has 2 aliphatic rings. The minimum Gasteiger partial charge on any atom is -0.310 e. The zero-order valence-electron chi connectivity index (χ0n) is 21.0. The number of amides is 2. The minimum atomic E-state index is 0.0478. The van der Waals surface area contributed by atoms with Crippen LogP contribution in [0.4, 0.5) is 11.6 Å². The highest BCUT2D eigenvalue weighted by molar-refractivity contribution is 5.93. The van der Waals surface area contributed by atoms with Crippen molar-refractivity contribution in [2.75, 3.05) is 10.6 Å². The molecule has 0 bridgehead atoms. The largest absolute Gasteiger partial charge is 0.310 e. The van der Waals surface area contributed by atoms with Gasteiger partial charge in [-0.3, -0.25) is 9.59 Å². The number of hydrogen-bond donors (Lipinski definition) is 2. The van der Waals surface area contributed by atoms with Gasteiger partial charge in [0.05, 0.1) is 0 Å². The highest BCUT2D eigenvalue weighted by Gasteiger charge is 2.33. The number of anilines is 2. The average molecular weight is 442 g/mol. The summed E-state index contributed by atoms with van der Waals surface area (Å²) in [6.45, 7) is 13.7. The van der Waals surface area contributed by atoms with Crippen LogP contribution in [0.15, 0.2) is 18.2 Å². The Labute approximate surface area is 194 Å². The summed E-state index contributed by atoms with van der Waals surface area (Å²) in [6.07, 6.45) is 8.13. The molecule has 0 radical (unpaired) electrons. The summed E-state index contributed by atoms with van der Waals surface area (Å²) in [7, 11) is 0. The van der Waals surface area contributed by atoms with Crippen molar-refractivity contribution < 1.29 is 9.59 Å². The fraction of sp³-hybridized carbons (Fsp3) is 0.741. The van der Waals surface area contributed by atoms with E-state index in [1.54, 1.807) is 12.1 Å². The number of hydrogen-bond acceptors (Lipinski definition) is 3. The van der Waals surface area contributed by atoms with Crippen LogP contribution in [0.25, 0.3) is 0 Å². The van der Waals surface area contributed by atoms with Gasteiger partial charge in [0.1, 0.15) is 11.6 Å². The molecule has 0 aliphatic heterocycles. The van der Waals surface area contributed by atoms with E-state index in [1.165, 1.54) is 0 Å². The predicted octanol–water partition coefficient (Wildman–Crippen LogP) is 6.66. The van der Waals surface area contributed by atoms with E-state index in [1.807, 2.05) is 6.07 Å². The van der Waals surface area contributed by atoms with Crippen molar-refractivity contribution in [2.24, 2.45) is 34.5 Å². The first-order valence-corrected chi connectivity index (χ1v) is 12.5. The fourth-order valence-electron chi connectivity index (χ4n) is 5.47. The number of nitrogens with one attached hydrogen (secondary N) is 2. The minimum absolute atomic E-state index is 0.0478. The summed E-state index contributed by atoms with van der Waals surface area (Å²) in [4.78, 5) is 30.0. The lowest BCUT2D eigenvalue weighted by Crippen LogP contribution is -2.32. The molecule has 3 rings (SSSR count). The molecule has 5 heteroatoms. The van der Waals surface area contributed by atoms with Gasteiger partial charge in [0, 0.05) is 11.8 Å². The van der Waals surface area contributed by atoms with Gasteiger partial charge in [-0.15, -0.1) is 0 Å². The first-order chi connectivity index (χ1) is 14.9. The summed E-state index contributed by atoms with van der Waals surface area (Å²) in [6, 6.07) is 5.43. The molecular formula is C27H43N3O2. The van der Waals surface area contributed by atoms with E-state index in [4.69, 9.17) is 0 Å². The number of aromatic nitrogens is 1. The number of pyridine rings is 1. The molecule has 2 saturated carbocycles. The van der Waals surface area contributed by atoms with E-state index in [-0.39, 0.29) is 23.7 Å². The van der Waals surface area contributed by atoms with Crippen molar-refractivity contribution in [1.82, 2.24) is 4.98 Å².